The number of aromatic nitrogens is 4. The molecular formula is C17H23N5O3. The van der Waals surface area contributed by atoms with E-state index in [0.717, 1.165) is 37.5 Å². The van der Waals surface area contributed by atoms with Gasteiger partial charge in [-0.1, -0.05) is 0 Å². The summed E-state index contributed by atoms with van der Waals surface area (Å²) >= 11 is 0. The lowest BCUT2D eigenvalue weighted by atomic mass is 10.1. The molecule has 1 amide bonds. The number of aryl methyl sites for hydroxylation is 2. The molecule has 1 saturated carbocycles. The SMILES string of the molecule is COc1cc(CCC(=O)NC2CCc3nnc(C4CC4)n3CC2)on1. The summed E-state index contributed by atoms with van der Waals surface area (Å²) in [5, 5.41) is 15.6. The molecule has 1 unspecified atom stereocenters. The zero-order chi connectivity index (χ0) is 17.2. The maximum Gasteiger partial charge on any atom is 0.254 e. The van der Waals surface area contributed by atoms with Crippen molar-refractivity contribution in [1.82, 2.24) is 25.2 Å². The van der Waals surface area contributed by atoms with Gasteiger partial charge in [-0.2, -0.15) is 0 Å². The van der Waals surface area contributed by atoms with Crippen molar-refractivity contribution in [2.24, 2.45) is 0 Å². The number of carbonyl (C=O) groups is 1. The molecule has 3 heterocycles. The quantitative estimate of drug-likeness (QED) is 0.854. The third-order valence-corrected chi connectivity index (χ3v) is 4.93. The number of methoxy groups -OCH3 is 1. The molecule has 1 atom stereocenters. The molecular weight excluding hydrogens is 322 g/mol. The largest absolute Gasteiger partial charge is 0.479 e. The van der Waals surface area contributed by atoms with Gasteiger partial charge in [-0.25, -0.2) is 0 Å². The Morgan fingerprint density at radius 1 is 1.36 bits per heavy atom. The van der Waals surface area contributed by atoms with Crippen LogP contribution in [-0.4, -0.2) is 39.0 Å². The zero-order valence-electron chi connectivity index (χ0n) is 14.4. The molecule has 2 aromatic rings. The van der Waals surface area contributed by atoms with Crippen LogP contribution in [0, 0.1) is 0 Å². The number of hydrogen-bond acceptors (Lipinski definition) is 6. The number of amides is 1. The van der Waals surface area contributed by atoms with Crippen molar-refractivity contribution >= 4 is 5.91 Å². The van der Waals surface area contributed by atoms with Crippen LogP contribution in [0.4, 0.5) is 0 Å². The van der Waals surface area contributed by atoms with Crippen molar-refractivity contribution in [3.63, 3.8) is 0 Å². The molecule has 1 N–H and O–H groups in total. The van der Waals surface area contributed by atoms with E-state index in [1.165, 1.54) is 20.0 Å². The van der Waals surface area contributed by atoms with Crippen LogP contribution in [0.3, 0.4) is 0 Å². The molecule has 0 bridgehead atoms. The first-order valence-electron chi connectivity index (χ1n) is 8.94. The second kappa shape index (κ2) is 6.85. The lowest BCUT2D eigenvalue weighted by molar-refractivity contribution is -0.121. The molecule has 25 heavy (non-hydrogen) atoms. The zero-order valence-corrected chi connectivity index (χ0v) is 14.4. The van der Waals surface area contributed by atoms with Gasteiger partial charge < -0.3 is 19.1 Å². The highest BCUT2D eigenvalue weighted by Crippen LogP contribution is 2.39. The first-order chi connectivity index (χ1) is 12.2. The van der Waals surface area contributed by atoms with E-state index >= 15 is 0 Å². The minimum absolute atomic E-state index is 0.0421. The van der Waals surface area contributed by atoms with Gasteiger partial charge in [0.1, 0.15) is 17.4 Å². The van der Waals surface area contributed by atoms with Crippen LogP contribution < -0.4 is 10.1 Å². The fraction of sp³-hybridized carbons (Fsp3) is 0.647. The van der Waals surface area contributed by atoms with E-state index in [1.54, 1.807) is 6.07 Å². The van der Waals surface area contributed by atoms with Crippen LogP contribution >= 0.6 is 0 Å². The molecule has 1 fully saturated rings. The summed E-state index contributed by atoms with van der Waals surface area (Å²) in [5.41, 5.74) is 0. The maximum atomic E-state index is 12.2. The van der Waals surface area contributed by atoms with Crippen molar-refractivity contribution in [3.05, 3.63) is 23.5 Å². The summed E-state index contributed by atoms with van der Waals surface area (Å²) in [6.45, 7) is 0.887. The van der Waals surface area contributed by atoms with Gasteiger partial charge in [0, 0.05) is 43.8 Å². The van der Waals surface area contributed by atoms with Gasteiger partial charge in [0.25, 0.3) is 5.88 Å². The van der Waals surface area contributed by atoms with Crippen molar-refractivity contribution in [2.75, 3.05) is 7.11 Å². The van der Waals surface area contributed by atoms with Gasteiger partial charge >= 0.3 is 0 Å². The second-order valence-electron chi connectivity index (χ2n) is 6.83. The molecule has 8 nitrogen and oxygen atoms in total. The smallest absolute Gasteiger partial charge is 0.254 e. The molecule has 8 heteroatoms. The van der Waals surface area contributed by atoms with Gasteiger partial charge in [-0.15, -0.1) is 10.2 Å². The van der Waals surface area contributed by atoms with E-state index in [-0.39, 0.29) is 11.9 Å². The minimum atomic E-state index is 0.0421. The van der Waals surface area contributed by atoms with E-state index in [9.17, 15) is 4.79 Å². The average molecular weight is 345 g/mol. The molecule has 0 spiro atoms. The Morgan fingerprint density at radius 3 is 3.00 bits per heavy atom. The Morgan fingerprint density at radius 2 is 2.24 bits per heavy atom. The maximum absolute atomic E-state index is 12.2. The van der Waals surface area contributed by atoms with Gasteiger partial charge in [0.05, 0.1) is 7.11 Å². The third kappa shape index (κ3) is 3.67. The average Bonchev–Trinajstić information content (AvgIpc) is 3.27. The molecule has 1 aliphatic carbocycles. The Hall–Kier alpha value is -2.38. The van der Waals surface area contributed by atoms with E-state index in [2.05, 4.69) is 25.2 Å². The fourth-order valence-electron chi connectivity index (χ4n) is 3.34. The molecule has 2 aromatic heterocycles. The van der Waals surface area contributed by atoms with Gasteiger partial charge in [-0.3, -0.25) is 4.79 Å². The van der Waals surface area contributed by atoms with E-state index in [4.69, 9.17) is 9.26 Å². The molecule has 134 valence electrons. The number of hydrogen-bond donors (Lipinski definition) is 1. The standard InChI is InChI=1S/C17H23N5O3/c1-24-16-10-13(25-21-16)5-7-15(23)18-12-4-6-14-19-20-17(11-2-3-11)22(14)9-8-12/h10-12H,2-9H2,1H3,(H,18,23). The first-order valence-corrected chi connectivity index (χ1v) is 8.94. The van der Waals surface area contributed by atoms with Crippen LogP contribution in [0.2, 0.25) is 0 Å². The van der Waals surface area contributed by atoms with Crippen molar-refractivity contribution < 1.29 is 14.1 Å². The predicted octanol–water partition coefficient (Wildman–Crippen LogP) is 1.61. The number of fused-ring (bicyclic) bond motifs is 1. The molecule has 0 aromatic carbocycles. The van der Waals surface area contributed by atoms with Crippen molar-refractivity contribution in [2.45, 2.75) is 63.5 Å². The van der Waals surface area contributed by atoms with Crippen LogP contribution in [0.5, 0.6) is 5.88 Å². The minimum Gasteiger partial charge on any atom is -0.479 e. The monoisotopic (exact) mass is 345 g/mol. The third-order valence-electron chi connectivity index (χ3n) is 4.93. The van der Waals surface area contributed by atoms with Gasteiger partial charge in [0.15, 0.2) is 0 Å². The van der Waals surface area contributed by atoms with Gasteiger partial charge in [-0.05, 0) is 30.8 Å². The second-order valence-corrected chi connectivity index (χ2v) is 6.83. The predicted molar refractivity (Wildman–Crippen MR) is 88.2 cm³/mol. The molecule has 4 rings (SSSR count). The number of rotatable bonds is 6. The highest BCUT2D eigenvalue weighted by atomic mass is 16.5. The lowest BCUT2D eigenvalue weighted by Crippen LogP contribution is -2.35. The summed E-state index contributed by atoms with van der Waals surface area (Å²) in [7, 11) is 1.54. The Kier molecular flexibility index (Phi) is 4.42. The fourth-order valence-corrected chi connectivity index (χ4v) is 3.34. The highest BCUT2D eigenvalue weighted by Gasteiger charge is 2.31. The summed E-state index contributed by atoms with van der Waals surface area (Å²) in [5.74, 6) is 3.95. The summed E-state index contributed by atoms with van der Waals surface area (Å²) in [6.07, 6.45) is 6.05. The van der Waals surface area contributed by atoms with Crippen molar-refractivity contribution in [1.29, 1.82) is 0 Å². The molecule has 1 aliphatic heterocycles. The lowest BCUT2D eigenvalue weighted by Gasteiger charge is -2.16. The topological polar surface area (TPSA) is 95.1 Å². The molecule has 2 aliphatic rings. The van der Waals surface area contributed by atoms with E-state index in [1.807, 2.05) is 0 Å². The van der Waals surface area contributed by atoms with Crippen LogP contribution in [0.1, 0.15) is 55.4 Å². The number of carbonyl (C=O) groups excluding carboxylic acids is 1. The number of nitrogens with zero attached hydrogens (tertiary/aromatic N) is 4. The van der Waals surface area contributed by atoms with Crippen molar-refractivity contribution in [3.8, 4) is 5.88 Å². The Bertz CT molecular complexity index is 749. The van der Waals surface area contributed by atoms with Gasteiger partial charge in [0.2, 0.25) is 5.91 Å². The van der Waals surface area contributed by atoms with E-state index < -0.39 is 0 Å². The van der Waals surface area contributed by atoms with Crippen LogP contribution in [-0.2, 0) is 24.2 Å². The van der Waals surface area contributed by atoms with Crippen LogP contribution in [0.15, 0.2) is 10.6 Å². The summed E-state index contributed by atoms with van der Waals surface area (Å²) in [6, 6.07) is 1.90. The number of ether oxygens (including phenoxy) is 1. The highest BCUT2D eigenvalue weighted by molar-refractivity contribution is 5.76. The number of nitrogens with one attached hydrogen (secondary N) is 1. The van der Waals surface area contributed by atoms with E-state index in [0.29, 0.717) is 30.4 Å². The molecule has 0 saturated heterocycles. The Balaban J connectivity index is 1.27. The first kappa shape index (κ1) is 16.1. The Labute approximate surface area is 145 Å². The summed E-state index contributed by atoms with van der Waals surface area (Å²) in [4.78, 5) is 12.2. The normalized spacial score (nSPS) is 20.0. The summed E-state index contributed by atoms with van der Waals surface area (Å²) < 4.78 is 12.4. The van der Waals surface area contributed by atoms with Crippen LogP contribution in [0.25, 0.3) is 0 Å². The molecule has 0 radical (unpaired) electrons.